The number of carbonyl (C=O) groups excluding carboxylic acids is 2. The summed E-state index contributed by atoms with van der Waals surface area (Å²) in [7, 11) is 3.98. The molecule has 0 radical (unpaired) electrons. The van der Waals surface area contributed by atoms with E-state index < -0.39 is 0 Å². The molecule has 0 spiro atoms. The molecule has 5 nitrogen and oxygen atoms in total. The number of nitrogens with one attached hydrogen (secondary N) is 1. The second kappa shape index (κ2) is 11.0. The Kier molecular flexibility index (Phi) is 8.06. The summed E-state index contributed by atoms with van der Waals surface area (Å²) in [5, 5.41) is 4.94. The average Bonchev–Trinajstić information content (AvgIpc) is 3.30. The molecule has 2 amide bonds. The van der Waals surface area contributed by atoms with Gasteiger partial charge in [-0.1, -0.05) is 43.3 Å². The summed E-state index contributed by atoms with van der Waals surface area (Å²) in [6.45, 7) is 4.35. The second-order valence-corrected chi connectivity index (χ2v) is 9.04. The van der Waals surface area contributed by atoms with Crippen LogP contribution in [0.5, 0.6) is 0 Å². The van der Waals surface area contributed by atoms with Crippen molar-refractivity contribution in [1.82, 2.24) is 4.90 Å². The molecule has 0 saturated heterocycles. The number of hydrogen-bond acceptors (Lipinski definition) is 4. The van der Waals surface area contributed by atoms with Gasteiger partial charge in [0, 0.05) is 43.3 Å². The summed E-state index contributed by atoms with van der Waals surface area (Å²) in [5.74, 6) is 0.0494. The zero-order valence-electron chi connectivity index (χ0n) is 19.2. The Bertz CT molecular complexity index is 1030. The number of nitrogens with zero attached hydrogens (tertiary/aromatic N) is 2. The highest BCUT2D eigenvalue weighted by molar-refractivity contribution is 7.10. The molecule has 0 aliphatic rings. The molecule has 1 heterocycles. The minimum atomic E-state index is -0.0902. The van der Waals surface area contributed by atoms with E-state index in [1.165, 1.54) is 0 Å². The van der Waals surface area contributed by atoms with Crippen LogP contribution in [0.1, 0.15) is 42.3 Å². The van der Waals surface area contributed by atoms with Gasteiger partial charge in [-0.15, -0.1) is 11.3 Å². The topological polar surface area (TPSA) is 52.7 Å². The van der Waals surface area contributed by atoms with Gasteiger partial charge >= 0.3 is 0 Å². The molecule has 168 valence electrons. The van der Waals surface area contributed by atoms with Gasteiger partial charge in [-0.25, -0.2) is 0 Å². The maximum Gasteiger partial charge on any atom is 0.228 e. The zero-order valence-corrected chi connectivity index (χ0v) is 20.0. The van der Waals surface area contributed by atoms with Crippen LogP contribution in [0.2, 0.25) is 0 Å². The lowest BCUT2D eigenvalue weighted by Crippen LogP contribution is -2.34. The van der Waals surface area contributed by atoms with Gasteiger partial charge < -0.3 is 15.1 Å². The molecule has 1 N–H and O–H groups in total. The van der Waals surface area contributed by atoms with Crippen LogP contribution in [0, 0.1) is 0 Å². The molecule has 0 aliphatic carbocycles. The number of amides is 2. The van der Waals surface area contributed by atoms with E-state index in [1.807, 2.05) is 84.7 Å². The second-order valence-electron chi connectivity index (χ2n) is 8.00. The highest BCUT2D eigenvalue weighted by Gasteiger charge is 2.24. The maximum atomic E-state index is 13.5. The summed E-state index contributed by atoms with van der Waals surface area (Å²) in [5.41, 5.74) is 3.85. The van der Waals surface area contributed by atoms with Crippen molar-refractivity contribution < 1.29 is 9.59 Å². The summed E-state index contributed by atoms with van der Waals surface area (Å²) in [4.78, 5) is 30.4. The minimum Gasteiger partial charge on any atom is -0.377 e. The number of benzene rings is 2. The lowest BCUT2D eigenvalue weighted by molar-refractivity contribution is -0.133. The van der Waals surface area contributed by atoms with Gasteiger partial charge in [-0.2, -0.15) is 0 Å². The van der Waals surface area contributed by atoms with Crippen LogP contribution in [0.25, 0.3) is 0 Å². The Balaban J connectivity index is 1.96. The molecule has 0 fully saturated rings. The number of carbonyl (C=O) groups is 2. The predicted octanol–water partition coefficient (Wildman–Crippen LogP) is 5.50. The van der Waals surface area contributed by atoms with E-state index >= 15 is 0 Å². The van der Waals surface area contributed by atoms with E-state index in [0.29, 0.717) is 19.4 Å². The fourth-order valence-electron chi connectivity index (χ4n) is 3.68. The van der Waals surface area contributed by atoms with E-state index in [-0.39, 0.29) is 17.9 Å². The molecule has 32 heavy (non-hydrogen) atoms. The van der Waals surface area contributed by atoms with E-state index in [9.17, 15) is 9.59 Å². The van der Waals surface area contributed by atoms with Crippen molar-refractivity contribution in [2.75, 3.05) is 24.3 Å². The standard InChI is InChI=1S/C26H31N3O2S/c1-5-25(30)27-22-13-14-24(28(3)4)21(16-22)18-29(19(2)20-10-7-6-8-11-20)26(31)17-23-12-9-15-32-23/h6-16,19H,5,17-18H2,1-4H3,(H,27,30). The van der Waals surface area contributed by atoms with Crippen molar-refractivity contribution in [3.05, 3.63) is 82.0 Å². The molecule has 1 atom stereocenters. The van der Waals surface area contributed by atoms with Crippen LogP contribution in [-0.2, 0) is 22.6 Å². The van der Waals surface area contributed by atoms with Gasteiger partial charge in [0.2, 0.25) is 11.8 Å². The fraction of sp³-hybridized carbons (Fsp3) is 0.308. The molecule has 0 saturated carbocycles. The maximum absolute atomic E-state index is 13.5. The van der Waals surface area contributed by atoms with Gasteiger partial charge in [0.05, 0.1) is 12.5 Å². The number of rotatable bonds is 9. The Morgan fingerprint density at radius 1 is 1.03 bits per heavy atom. The van der Waals surface area contributed by atoms with Crippen molar-refractivity contribution >= 4 is 34.5 Å². The first kappa shape index (κ1) is 23.5. The van der Waals surface area contributed by atoms with Crippen LogP contribution >= 0.6 is 11.3 Å². The first-order valence-corrected chi connectivity index (χ1v) is 11.7. The molecular formula is C26H31N3O2S. The summed E-state index contributed by atoms with van der Waals surface area (Å²) < 4.78 is 0. The Morgan fingerprint density at radius 3 is 2.41 bits per heavy atom. The smallest absolute Gasteiger partial charge is 0.228 e. The SMILES string of the molecule is CCC(=O)Nc1ccc(N(C)C)c(CN(C(=O)Cc2cccs2)C(C)c2ccccc2)c1. The molecule has 6 heteroatoms. The highest BCUT2D eigenvalue weighted by Crippen LogP contribution is 2.29. The first-order chi connectivity index (χ1) is 15.4. The van der Waals surface area contributed by atoms with Crippen LogP contribution in [0.3, 0.4) is 0 Å². The predicted molar refractivity (Wildman–Crippen MR) is 133 cm³/mol. The van der Waals surface area contributed by atoms with Gasteiger partial charge in [0.25, 0.3) is 0 Å². The summed E-state index contributed by atoms with van der Waals surface area (Å²) >= 11 is 1.60. The van der Waals surface area contributed by atoms with Crippen LogP contribution in [-0.4, -0.2) is 30.8 Å². The molecule has 0 bridgehead atoms. The molecule has 3 aromatic rings. The third-order valence-electron chi connectivity index (χ3n) is 5.48. The van der Waals surface area contributed by atoms with E-state index in [1.54, 1.807) is 11.3 Å². The number of anilines is 2. The first-order valence-electron chi connectivity index (χ1n) is 10.9. The molecule has 1 aromatic heterocycles. The normalized spacial score (nSPS) is 11.6. The largest absolute Gasteiger partial charge is 0.377 e. The third kappa shape index (κ3) is 5.98. The molecule has 2 aromatic carbocycles. The van der Waals surface area contributed by atoms with E-state index in [4.69, 9.17) is 0 Å². The monoisotopic (exact) mass is 449 g/mol. The van der Waals surface area contributed by atoms with Crippen molar-refractivity contribution in [2.45, 2.75) is 39.3 Å². The van der Waals surface area contributed by atoms with Crippen molar-refractivity contribution in [2.24, 2.45) is 0 Å². The number of thiophene rings is 1. The molecular weight excluding hydrogens is 418 g/mol. The summed E-state index contributed by atoms with van der Waals surface area (Å²) in [6, 6.07) is 19.9. The minimum absolute atomic E-state index is 0.0307. The highest BCUT2D eigenvalue weighted by atomic mass is 32.1. The van der Waals surface area contributed by atoms with Gasteiger partial charge in [0.15, 0.2) is 0 Å². The molecule has 1 unspecified atom stereocenters. The average molecular weight is 450 g/mol. The lowest BCUT2D eigenvalue weighted by atomic mass is 10.0. The lowest BCUT2D eigenvalue weighted by Gasteiger charge is -2.31. The Morgan fingerprint density at radius 2 is 1.78 bits per heavy atom. The zero-order chi connectivity index (χ0) is 23.1. The fourth-order valence-corrected chi connectivity index (χ4v) is 4.37. The van der Waals surface area contributed by atoms with Crippen molar-refractivity contribution in [1.29, 1.82) is 0 Å². The van der Waals surface area contributed by atoms with E-state index in [0.717, 1.165) is 27.4 Å². The van der Waals surface area contributed by atoms with Crippen molar-refractivity contribution in [3.8, 4) is 0 Å². The summed E-state index contributed by atoms with van der Waals surface area (Å²) in [6.07, 6.45) is 0.791. The van der Waals surface area contributed by atoms with E-state index in [2.05, 4.69) is 24.4 Å². The van der Waals surface area contributed by atoms with Crippen LogP contribution in [0.4, 0.5) is 11.4 Å². The molecule has 0 aliphatic heterocycles. The van der Waals surface area contributed by atoms with Gasteiger partial charge in [0.1, 0.15) is 0 Å². The van der Waals surface area contributed by atoms with Gasteiger partial charge in [-0.05, 0) is 47.7 Å². The third-order valence-corrected chi connectivity index (χ3v) is 6.36. The molecule has 3 rings (SSSR count). The van der Waals surface area contributed by atoms with Crippen molar-refractivity contribution in [3.63, 3.8) is 0 Å². The Labute approximate surface area is 194 Å². The van der Waals surface area contributed by atoms with Crippen LogP contribution in [0.15, 0.2) is 66.0 Å². The van der Waals surface area contributed by atoms with Gasteiger partial charge in [-0.3, -0.25) is 9.59 Å². The quantitative estimate of drug-likeness (QED) is 0.470. The Hall–Kier alpha value is -3.12. The number of hydrogen-bond donors (Lipinski definition) is 1. The van der Waals surface area contributed by atoms with Crippen LogP contribution < -0.4 is 10.2 Å².